The number of carbonyl (C=O) groups is 2. The molecule has 3 aromatic heterocycles. The lowest BCUT2D eigenvalue weighted by Gasteiger charge is -2.32. The Morgan fingerprint density at radius 3 is 2.90 bits per heavy atom. The van der Waals surface area contributed by atoms with E-state index in [-0.39, 0.29) is 23.0 Å². The molecule has 0 spiro atoms. The summed E-state index contributed by atoms with van der Waals surface area (Å²) in [6.45, 7) is 3.15. The number of aromatic nitrogens is 3. The second-order valence-corrected chi connectivity index (χ2v) is 8.48. The third-order valence-corrected chi connectivity index (χ3v) is 6.28. The van der Waals surface area contributed by atoms with Crippen molar-refractivity contribution in [3.63, 3.8) is 0 Å². The summed E-state index contributed by atoms with van der Waals surface area (Å²) in [5, 5.41) is 1.23. The standard InChI is InChI=1S/C23H22ClN5O2/c1-14-12-28(23(31)18-3-2-8-25-21(18)24)10-7-16(14)19-11-20(29(13-30)15-4-5-15)27-22-17(19)6-9-26-22/h2-3,6-9,11,13-15H,4-5,10,12H2,1H3,(H,26,27). The van der Waals surface area contributed by atoms with Crippen LogP contribution in [0.25, 0.3) is 16.6 Å². The molecule has 2 aliphatic rings. The molecule has 158 valence electrons. The van der Waals surface area contributed by atoms with E-state index >= 15 is 0 Å². The zero-order valence-electron chi connectivity index (χ0n) is 17.1. The van der Waals surface area contributed by atoms with Gasteiger partial charge in [-0.25, -0.2) is 9.97 Å². The molecule has 1 atom stereocenters. The van der Waals surface area contributed by atoms with Crippen LogP contribution in [0.4, 0.5) is 5.82 Å². The minimum Gasteiger partial charge on any atom is -0.346 e. The molecule has 8 heteroatoms. The minimum absolute atomic E-state index is 0.104. The predicted octanol–water partition coefficient (Wildman–Crippen LogP) is 3.91. The van der Waals surface area contributed by atoms with Crippen molar-refractivity contribution >= 4 is 46.3 Å². The molecular formula is C23H22ClN5O2. The number of nitrogens with zero attached hydrogens (tertiary/aromatic N) is 4. The first-order valence-corrected chi connectivity index (χ1v) is 10.8. The molecule has 0 aromatic carbocycles. The highest BCUT2D eigenvalue weighted by atomic mass is 35.5. The maximum atomic E-state index is 13.0. The van der Waals surface area contributed by atoms with Crippen LogP contribution < -0.4 is 4.90 Å². The van der Waals surface area contributed by atoms with Crippen molar-refractivity contribution in [1.82, 2.24) is 19.9 Å². The summed E-state index contributed by atoms with van der Waals surface area (Å²) in [6.07, 6.45) is 8.40. The number of fused-ring (bicyclic) bond motifs is 1. The lowest BCUT2D eigenvalue weighted by molar-refractivity contribution is -0.107. The molecule has 1 unspecified atom stereocenters. The van der Waals surface area contributed by atoms with E-state index in [2.05, 4.69) is 28.0 Å². The maximum absolute atomic E-state index is 13.0. The Hall–Kier alpha value is -3.19. The molecular weight excluding hydrogens is 414 g/mol. The van der Waals surface area contributed by atoms with E-state index in [1.165, 1.54) is 0 Å². The zero-order valence-corrected chi connectivity index (χ0v) is 17.8. The van der Waals surface area contributed by atoms with E-state index in [0.717, 1.165) is 41.4 Å². The van der Waals surface area contributed by atoms with E-state index in [4.69, 9.17) is 11.6 Å². The molecule has 3 aromatic rings. The van der Waals surface area contributed by atoms with Crippen LogP contribution in [0.5, 0.6) is 0 Å². The van der Waals surface area contributed by atoms with Crippen molar-refractivity contribution in [2.45, 2.75) is 25.8 Å². The van der Waals surface area contributed by atoms with Crippen molar-refractivity contribution in [2.75, 3.05) is 18.0 Å². The van der Waals surface area contributed by atoms with E-state index in [1.54, 1.807) is 28.1 Å². The fourth-order valence-corrected chi connectivity index (χ4v) is 4.45. The highest BCUT2D eigenvalue weighted by molar-refractivity contribution is 6.32. The van der Waals surface area contributed by atoms with Crippen molar-refractivity contribution in [3.8, 4) is 0 Å². The predicted molar refractivity (Wildman–Crippen MR) is 120 cm³/mol. The number of pyridine rings is 2. The number of rotatable bonds is 5. The first kappa shape index (κ1) is 19.8. The van der Waals surface area contributed by atoms with Crippen molar-refractivity contribution in [2.24, 2.45) is 5.92 Å². The van der Waals surface area contributed by atoms with Gasteiger partial charge in [-0.1, -0.05) is 24.6 Å². The average molecular weight is 436 g/mol. The van der Waals surface area contributed by atoms with Gasteiger partial charge in [0.25, 0.3) is 5.91 Å². The molecule has 4 heterocycles. The number of aromatic amines is 1. The second-order valence-electron chi connectivity index (χ2n) is 8.12. The molecule has 1 aliphatic heterocycles. The van der Waals surface area contributed by atoms with Gasteiger partial charge >= 0.3 is 0 Å². The van der Waals surface area contributed by atoms with E-state index < -0.39 is 0 Å². The number of nitrogens with one attached hydrogen (secondary N) is 1. The Morgan fingerprint density at radius 2 is 2.19 bits per heavy atom. The Kier molecular flexibility index (Phi) is 4.98. The molecule has 2 amide bonds. The molecule has 0 bridgehead atoms. The smallest absolute Gasteiger partial charge is 0.257 e. The van der Waals surface area contributed by atoms with Gasteiger partial charge in [0.2, 0.25) is 6.41 Å². The molecule has 1 fully saturated rings. The second kappa shape index (κ2) is 7.81. The number of hydrogen-bond acceptors (Lipinski definition) is 4. The van der Waals surface area contributed by atoms with Crippen molar-refractivity contribution < 1.29 is 9.59 Å². The lowest BCUT2D eigenvalue weighted by atomic mass is 9.89. The van der Waals surface area contributed by atoms with Gasteiger partial charge in [-0.15, -0.1) is 0 Å². The monoisotopic (exact) mass is 435 g/mol. The van der Waals surface area contributed by atoms with Gasteiger partial charge in [-0.05, 0) is 54.2 Å². The van der Waals surface area contributed by atoms with Crippen LogP contribution >= 0.6 is 11.6 Å². The van der Waals surface area contributed by atoms with Crippen molar-refractivity contribution in [1.29, 1.82) is 0 Å². The van der Waals surface area contributed by atoms with Gasteiger partial charge in [0, 0.05) is 36.9 Å². The number of H-pyrrole nitrogens is 1. The van der Waals surface area contributed by atoms with Gasteiger partial charge in [0.05, 0.1) is 5.56 Å². The van der Waals surface area contributed by atoms with E-state index in [1.807, 2.05) is 18.3 Å². The number of hydrogen-bond donors (Lipinski definition) is 1. The van der Waals surface area contributed by atoms with Crippen LogP contribution in [0, 0.1) is 5.92 Å². The van der Waals surface area contributed by atoms with E-state index in [0.29, 0.717) is 24.5 Å². The van der Waals surface area contributed by atoms with Gasteiger partial charge in [-0.3, -0.25) is 14.5 Å². The number of carbonyl (C=O) groups excluding carboxylic acids is 2. The number of amides is 2. The molecule has 1 saturated carbocycles. The lowest BCUT2D eigenvalue weighted by Crippen LogP contribution is -2.38. The van der Waals surface area contributed by atoms with Gasteiger partial charge in [-0.2, -0.15) is 0 Å². The summed E-state index contributed by atoms with van der Waals surface area (Å²) in [4.78, 5) is 40.0. The Labute approximate surface area is 184 Å². The average Bonchev–Trinajstić information content (AvgIpc) is 3.49. The Morgan fingerprint density at radius 1 is 1.35 bits per heavy atom. The fourth-order valence-electron chi connectivity index (χ4n) is 4.25. The van der Waals surface area contributed by atoms with Gasteiger partial charge in [0.1, 0.15) is 16.6 Å². The molecule has 1 aliphatic carbocycles. The topological polar surface area (TPSA) is 82.2 Å². The summed E-state index contributed by atoms with van der Waals surface area (Å²) in [5.74, 6) is 0.645. The van der Waals surface area contributed by atoms with Crippen LogP contribution in [0.1, 0.15) is 35.7 Å². The molecule has 5 rings (SSSR count). The van der Waals surface area contributed by atoms with Gasteiger partial charge < -0.3 is 9.88 Å². The van der Waals surface area contributed by atoms with Gasteiger partial charge in [0.15, 0.2) is 0 Å². The number of halogens is 1. The quantitative estimate of drug-likeness (QED) is 0.486. The summed E-state index contributed by atoms with van der Waals surface area (Å²) in [5.41, 5.74) is 3.37. The third kappa shape index (κ3) is 3.59. The fraction of sp³-hybridized carbons (Fsp3) is 0.304. The molecule has 7 nitrogen and oxygen atoms in total. The summed E-state index contributed by atoms with van der Waals surface area (Å²) >= 11 is 6.13. The largest absolute Gasteiger partial charge is 0.346 e. The van der Waals surface area contributed by atoms with Crippen LogP contribution in [-0.4, -0.2) is 51.3 Å². The molecule has 1 N–H and O–H groups in total. The molecule has 0 radical (unpaired) electrons. The highest BCUT2D eigenvalue weighted by Gasteiger charge is 2.32. The first-order chi connectivity index (χ1) is 15.1. The summed E-state index contributed by atoms with van der Waals surface area (Å²) in [7, 11) is 0. The maximum Gasteiger partial charge on any atom is 0.257 e. The van der Waals surface area contributed by atoms with E-state index in [9.17, 15) is 9.59 Å². The van der Waals surface area contributed by atoms with Crippen LogP contribution in [0.2, 0.25) is 5.15 Å². The highest BCUT2D eigenvalue weighted by Crippen LogP contribution is 2.37. The first-order valence-electron chi connectivity index (χ1n) is 10.4. The SMILES string of the molecule is CC1CN(C(=O)c2cccnc2Cl)CC=C1c1cc(N(C=O)C2CC2)nc2[nH]ccc12. The summed E-state index contributed by atoms with van der Waals surface area (Å²) in [6, 6.07) is 7.66. The number of anilines is 1. The van der Waals surface area contributed by atoms with Crippen molar-refractivity contribution in [3.05, 3.63) is 59.0 Å². The van der Waals surface area contributed by atoms with Crippen LogP contribution in [0.15, 0.2) is 42.7 Å². The minimum atomic E-state index is -0.122. The molecule has 31 heavy (non-hydrogen) atoms. The Balaban J connectivity index is 1.49. The normalized spacial score (nSPS) is 18.7. The summed E-state index contributed by atoms with van der Waals surface area (Å²) < 4.78 is 0. The zero-order chi connectivity index (χ0) is 21.5. The Bertz CT molecular complexity index is 1200. The third-order valence-electron chi connectivity index (χ3n) is 5.98. The van der Waals surface area contributed by atoms with Crippen LogP contribution in [-0.2, 0) is 4.79 Å². The van der Waals surface area contributed by atoms with Crippen LogP contribution in [0.3, 0.4) is 0 Å². The molecule has 0 saturated heterocycles.